The molecule has 1 heterocycles. The average molecular weight is 250 g/mol. The Bertz CT molecular complexity index is 411. The number of anilines is 1. The zero-order valence-electron chi connectivity index (χ0n) is 12.2. The molecule has 102 valence electrons. The molecule has 18 heavy (non-hydrogen) atoms. The maximum Gasteiger partial charge on any atom is 0.250 e. The number of pyridine rings is 1. The summed E-state index contributed by atoms with van der Waals surface area (Å²) in [7, 11) is 1.79. The summed E-state index contributed by atoms with van der Waals surface area (Å²) < 4.78 is 1.62. The molecular formula is C15H26N2O. The first kappa shape index (κ1) is 14.8. The average Bonchev–Trinajstić information content (AvgIpc) is 2.21. The monoisotopic (exact) mass is 250 g/mol. The van der Waals surface area contributed by atoms with Crippen LogP contribution in [0.4, 0.5) is 5.69 Å². The minimum atomic E-state index is 0.0322. The number of rotatable bonds is 6. The van der Waals surface area contributed by atoms with E-state index in [2.05, 4.69) is 33.0 Å². The second kappa shape index (κ2) is 6.62. The van der Waals surface area contributed by atoms with Crippen LogP contribution in [0, 0.1) is 11.8 Å². The van der Waals surface area contributed by atoms with Crippen molar-refractivity contribution in [1.82, 2.24) is 4.57 Å². The van der Waals surface area contributed by atoms with Gasteiger partial charge in [0.1, 0.15) is 0 Å². The summed E-state index contributed by atoms with van der Waals surface area (Å²) in [4.78, 5) is 11.3. The van der Waals surface area contributed by atoms with Crippen LogP contribution in [0.25, 0.3) is 0 Å². The predicted molar refractivity (Wildman–Crippen MR) is 78.0 cm³/mol. The molecule has 0 spiro atoms. The molecule has 0 unspecified atom stereocenters. The molecule has 0 aliphatic rings. The van der Waals surface area contributed by atoms with Gasteiger partial charge in [0.25, 0.3) is 0 Å². The predicted octanol–water partition coefficient (Wildman–Crippen LogP) is 3.26. The maximum atomic E-state index is 11.3. The van der Waals surface area contributed by atoms with Crippen LogP contribution in [0.1, 0.15) is 40.5 Å². The summed E-state index contributed by atoms with van der Waals surface area (Å²) in [5.74, 6) is 1.35. The van der Waals surface area contributed by atoms with Crippen molar-refractivity contribution >= 4 is 5.69 Å². The minimum Gasteiger partial charge on any atom is -0.381 e. The van der Waals surface area contributed by atoms with Gasteiger partial charge in [0.05, 0.1) is 5.69 Å². The molecule has 0 radical (unpaired) electrons. The van der Waals surface area contributed by atoms with E-state index in [4.69, 9.17) is 0 Å². The normalized spacial score (nSPS) is 11.6. The van der Waals surface area contributed by atoms with Gasteiger partial charge in [-0.05, 0) is 30.7 Å². The number of hydrogen-bond donors (Lipinski definition) is 1. The van der Waals surface area contributed by atoms with Gasteiger partial charge in [-0.25, -0.2) is 0 Å². The first-order valence-corrected chi connectivity index (χ1v) is 6.81. The van der Waals surface area contributed by atoms with Crippen LogP contribution in [0.2, 0.25) is 0 Å². The third kappa shape index (κ3) is 4.94. The van der Waals surface area contributed by atoms with Crippen LogP contribution in [0.3, 0.4) is 0 Å². The largest absolute Gasteiger partial charge is 0.381 e. The molecule has 0 saturated heterocycles. The molecule has 0 atom stereocenters. The van der Waals surface area contributed by atoms with E-state index in [0.717, 1.165) is 18.5 Å². The summed E-state index contributed by atoms with van der Waals surface area (Å²) in [6, 6.07) is 3.96. The summed E-state index contributed by atoms with van der Waals surface area (Å²) in [5, 5.41) is 3.55. The Labute approximate surface area is 110 Å². The van der Waals surface area contributed by atoms with Gasteiger partial charge in [0.2, 0.25) is 5.56 Å². The van der Waals surface area contributed by atoms with Gasteiger partial charge in [-0.15, -0.1) is 0 Å². The van der Waals surface area contributed by atoms with Crippen molar-refractivity contribution < 1.29 is 0 Å². The van der Waals surface area contributed by atoms with Crippen LogP contribution >= 0.6 is 0 Å². The summed E-state index contributed by atoms with van der Waals surface area (Å²) >= 11 is 0. The van der Waals surface area contributed by atoms with Crippen LogP contribution in [-0.4, -0.2) is 10.6 Å². The summed E-state index contributed by atoms with van der Waals surface area (Å²) in [6.07, 6.45) is 4.18. The van der Waals surface area contributed by atoms with E-state index in [-0.39, 0.29) is 5.56 Å². The highest BCUT2D eigenvalue weighted by Gasteiger charge is 2.12. The van der Waals surface area contributed by atoms with Crippen LogP contribution < -0.4 is 10.9 Å². The first-order valence-electron chi connectivity index (χ1n) is 6.81. The highest BCUT2D eigenvalue weighted by Crippen LogP contribution is 2.17. The van der Waals surface area contributed by atoms with Gasteiger partial charge in [-0.3, -0.25) is 4.79 Å². The summed E-state index contributed by atoms with van der Waals surface area (Å²) in [6.45, 7) is 8.98. The standard InChI is InChI=1S/C15H26N2O/c1-11(2)8-14(9-12(3)4)16-13-6-7-15(18)17(5)10-13/h6-7,10-12,14,16H,8-9H2,1-5H3. The lowest BCUT2D eigenvalue weighted by Crippen LogP contribution is -2.25. The van der Waals surface area contributed by atoms with E-state index >= 15 is 0 Å². The highest BCUT2D eigenvalue weighted by molar-refractivity contribution is 5.41. The third-order valence-electron chi connectivity index (χ3n) is 2.97. The minimum absolute atomic E-state index is 0.0322. The number of aryl methyl sites for hydroxylation is 1. The Balaban J connectivity index is 2.74. The molecular weight excluding hydrogens is 224 g/mol. The van der Waals surface area contributed by atoms with Crippen molar-refractivity contribution in [3.05, 3.63) is 28.7 Å². The third-order valence-corrected chi connectivity index (χ3v) is 2.97. The zero-order valence-corrected chi connectivity index (χ0v) is 12.2. The lowest BCUT2D eigenvalue weighted by Gasteiger charge is -2.23. The molecule has 0 bridgehead atoms. The van der Waals surface area contributed by atoms with Gasteiger partial charge < -0.3 is 9.88 Å². The molecule has 0 fully saturated rings. The smallest absolute Gasteiger partial charge is 0.250 e. The molecule has 0 aliphatic heterocycles. The molecule has 0 amide bonds. The van der Waals surface area contributed by atoms with Crippen LogP contribution in [-0.2, 0) is 7.05 Å². The van der Waals surface area contributed by atoms with Gasteiger partial charge in [-0.2, -0.15) is 0 Å². The quantitative estimate of drug-likeness (QED) is 0.841. The van der Waals surface area contributed by atoms with E-state index in [1.165, 1.54) is 0 Å². The molecule has 0 aliphatic carbocycles. The molecule has 3 nitrogen and oxygen atoms in total. The Morgan fingerprint density at radius 2 is 1.67 bits per heavy atom. The van der Waals surface area contributed by atoms with Crippen molar-refractivity contribution in [2.75, 3.05) is 5.32 Å². The van der Waals surface area contributed by atoms with E-state index in [0.29, 0.717) is 17.9 Å². The second-order valence-electron chi connectivity index (χ2n) is 5.97. The Morgan fingerprint density at radius 3 is 2.11 bits per heavy atom. The van der Waals surface area contributed by atoms with Gasteiger partial charge in [0.15, 0.2) is 0 Å². The Hall–Kier alpha value is -1.25. The van der Waals surface area contributed by atoms with Gasteiger partial charge in [0, 0.05) is 25.4 Å². The lowest BCUT2D eigenvalue weighted by molar-refractivity contribution is 0.442. The molecule has 3 heteroatoms. The SMILES string of the molecule is CC(C)CC(CC(C)C)Nc1ccc(=O)n(C)c1. The molecule has 1 rings (SSSR count). The first-order chi connectivity index (χ1) is 8.38. The van der Waals surface area contributed by atoms with Crippen molar-refractivity contribution in [1.29, 1.82) is 0 Å². The Kier molecular flexibility index (Phi) is 5.45. The fourth-order valence-corrected chi connectivity index (χ4v) is 2.27. The fraction of sp³-hybridized carbons (Fsp3) is 0.667. The molecule has 1 aromatic rings. The van der Waals surface area contributed by atoms with E-state index in [1.54, 1.807) is 17.7 Å². The lowest BCUT2D eigenvalue weighted by atomic mass is 9.95. The molecule has 1 N–H and O–H groups in total. The van der Waals surface area contributed by atoms with E-state index < -0.39 is 0 Å². The number of hydrogen-bond acceptors (Lipinski definition) is 2. The van der Waals surface area contributed by atoms with Crippen molar-refractivity contribution in [3.8, 4) is 0 Å². The van der Waals surface area contributed by atoms with Crippen molar-refractivity contribution in [2.45, 2.75) is 46.6 Å². The van der Waals surface area contributed by atoms with Crippen LogP contribution in [0.15, 0.2) is 23.1 Å². The Morgan fingerprint density at radius 1 is 1.11 bits per heavy atom. The highest BCUT2D eigenvalue weighted by atomic mass is 16.1. The van der Waals surface area contributed by atoms with Crippen molar-refractivity contribution in [3.63, 3.8) is 0 Å². The molecule has 1 aromatic heterocycles. The number of nitrogens with one attached hydrogen (secondary N) is 1. The van der Waals surface area contributed by atoms with E-state index in [1.807, 2.05) is 12.3 Å². The second-order valence-corrected chi connectivity index (χ2v) is 5.97. The van der Waals surface area contributed by atoms with Gasteiger partial charge in [-0.1, -0.05) is 27.7 Å². The fourth-order valence-electron chi connectivity index (χ4n) is 2.27. The van der Waals surface area contributed by atoms with E-state index in [9.17, 15) is 4.79 Å². The number of nitrogens with zero attached hydrogens (tertiary/aromatic N) is 1. The van der Waals surface area contributed by atoms with Gasteiger partial charge >= 0.3 is 0 Å². The summed E-state index contributed by atoms with van der Waals surface area (Å²) in [5.41, 5.74) is 1.06. The zero-order chi connectivity index (χ0) is 13.7. The molecule has 0 saturated carbocycles. The number of aromatic nitrogens is 1. The van der Waals surface area contributed by atoms with Crippen LogP contribution in [0.5, 0.6) is 0 Å². The molecule has 0 aromatic carbocycles. The van der Waals surface area contributed by atoms with Crippen molar-refractivity contribution in [2.24, 2.45) is 18.9 Å². The topological polar surface area (TPSA) is 34.0 Å². The maximum absolute atomic E-state index is 11.3.